The molecule has 8 heteroatoms. The summed E-state index contributed by atoms with van der Waals surface area (Å²) in [5, 5.41) is 6.66. The van der Waals surface area contributed by atoms with Crippen LogP contribution in [0.4, 0.5) is 0 Å². The molecule has 0 radical (unpaired) electrons. The van der Waals surface area contributed by atoms with Crippen molar-refractivity contribution < 1.29 is 8.42 Å². The molecule has 0 bridgehead atoms. The first kappa shape index (κ1) is 25.2. The Hall–Kier alpha value is -0.870. The Morgan fingerprint density at radius 3 is 2.50 bits per heavy atom. The lowest BCUT2D eigenvalue weighted by Crippen LogP contribution is -2.38. The standard InChI is InChI=1S/C20H34N4O2S.HI/c1-4-21-20(22-11-5-6-12-24-13-7-8-14-24)23-16-18-9-10-19(17(2)15-18)27(3,25)26;/h9-10,15H,4-8,11-14,16H2,1-3H3,(H2,21,22,23);1H. The van der Waals surface area contributed by atoms with Gasteiger partial charge in [0, 0.05) is 19.3 Å². The molecule has 1 saturated heterocycles. The Morgan fingerprint density at radius 2 is 1.89 bits per heavy atom. The van der Waals surface area contributed by atoms with E-state index in [1.54, 1.807) is 6.07 Å². The van der Waals surface area contributed by atoms with Crippen molar-refractivity contribution in [3.05, 3.63) is 29.3 Å². The number of aliphatic imine (C=N–C) groups is 1. The van der Waals surface area contributed by atoms with Crippen LogP contribution in [0.15, 0.2) is 28.1 Å². The van der Waals surface area contributed by atoms with Crippen LogP contribution in [0.3, 0.4) is 0 Å². The van der Waals surface area contributed by atoms with E-state index in [-0.39, 0.29) is 24.0 Å². The van der Waals surface area contributed by atoms with Crippen LogP contribution in [0, 0.1) is 6.92 Å². The number of halogens is 1. The van der Waals surface area contributed by atoms with Crippen LogP contribution in [-0.4, -0.2) is 58.3 Å². The number of likely N-dealkylation sites (tertiary alicyclic amines) is 1. The van der Waals surface area contributed by atoms with Crippen molar-refractivity contribution in [1.82, 2.24) is 15.5 Å². The number of nitrogens with zero attached hydrogens (tertiary/aromatic N) is 2. The molecular weight excluding hydrogens is 487 g/mol. The smallest absolute Gasteiger partial charge is 0.191 e. The Bertz CT molecular complexity index is 732. The van der Waals surface area contributed by atoms with Gasteiger partial charge < -0.3 is 15.5 Å². The van der Waals surface area contributed by atoms with Crippen LogP contribution in [0.1, 0.15) is 43.7 Å². The Labute approximate surface area is 187 Å². The van der Waals surface area contributed by atoms with Gasteiger partial charge in [-0.1, -0.05) is 12.1 Å². The molecule has 1 fully saturated rings. The van der Waals surface area contributed by atoms with Gasteiger partial charge in [0.05, 0.1) is 11.4 Å². The summed E-state index contributed by atoms with van der Waals surface area (Å²) in [4.78, 5) is 7.56. The predicted octanol–water partition coefficient (Wildman–Crippen LogP) is 2.95. The van der Waals surface area contributed by atoms with Crippen molar-refractivity contribution in [2.45, 2.75) is 51.0 Å². The molecule has 0 spiro atoms. The van der Waals surface area contributed by atoms with Gasteiger partial charge in [0.15, 0.2) is 15.8 Å². The molecule has 0 unspecified atom stereocenters. The summed E-state index contributed by atoms with van der Waals surface area (Å²) in [6, 6.07) is 5.42. The van der Waals surface area contributed by atoms with Gasteiger partial charge in [0.25, 0.3) is 0 Å². The highest BCUT2D eigenvalue weighted by Gasteiger charge is 2.11. The molecule has 1 aliphatic heterocycles. The lowest BCUT2D eigenvalue weighted by molar-refractivity contribution is 0.330. The van der Waals surface area contributed by atoms with E-state index >= 15 is 0 Å². The summed E-state index contributed by atoms with van der Waals surface area (Å²) in [6.07, 6.45) is 6.27. The molecule has 6 nitrogen and oxygen atoms in total. The van der Waals surface area contributed by atoms with E-state index in [4.69, 9.17) is 0 Å². The molecule has 0 aromatic heterocycles. The molecule has 0 saturated carbocycles. The maximum Gasteiger partial charge on any atom is 0.191 e. The lowest BCUT2D eigenvalue weighted by Gasteiger charge is -2.15. The van der Waals surface area contributed by atoms with Gasteiger partial charge in [-0.3, -0.25) is 0 Å². The molecule has 2 N–H and O–H groups in total. The van der Waals surface area contributed by atoms with Gasteiger partial charge in [-0.2, -0.15) is 0 Å². The third-order valence-electron chi connectivity index (χ3n) is 4.80. The fourth-order valence-electron chi connectivity index (χ4n) is 3.41. The van der Waals surface area contributed by atoms with Gasteiger partial charge >= 0.3 is 0 Å². The van der Waals surface area contributed by atoms with E-state index in [0.29, 0.717) is 11.4 Å². The molecule has 0 amide bonds. The number of nitrogens with one attached hydrogen (secondary N) is 2. The summed E-state index contributed by atoms with van der Waals surface area (Å²) < 4.78 is 23.4. The zero-order chi connectivity index (χ0) is 19.7. The van der Waals surface area contributed by atoms with Gasteiger partial charge in [-0.05, 0) is 76.4 Å². The number of hydrogen-bond acceptors (Lipinski definition) is 4. The second kappa shape index (κ2) is 12.6. The van der Waals surface area contributed by atoms with E-state index in [2.05, 4.69) is 27.4 Å². The summed E-state index contributed by atoms with van der Waals surface area (Å²) in [5.41, 5.74) is 1.77. The maximum atomic E-state index is 11.7. The number of guanidine groups is 1. The predicted molar refractivity (Wildman–Crippen MR) is 127 cm³/mol. The first-order chi connectivity index (χ1) is 12.9. The molecule has 0 atom stereocenters. The minimum absolute atomic E-state index is 0. The van der Waals surface area contributed by atoms with Gasteiger partial charge in [-0.15, -0.1) is 24.0 Å². The van der Waals surface area contributed by atoms with Crippen LogP contribution in [0.2, 0.25) is 0 Å². The summed E-state index contributed by atoms with van der Waals surface area (Å²) in [6.45, 7) is 9.83. The molecule has 1 aliphatic rings. The van der Waals surface area contributed by atoms with Crippen molar-refractivity contribution in [1.29, 1.82) is 0 Å². The number of sulfone groups is 1. The normalized spacial score (nSPS) is 15.3. The van der Waals surface area contributed by atoms with E-state index in [1.165, 1.54) is 45.2 Å². The number of rotatable bonds is 9. The van der Waals surface area contributed by atoms with Crippen molar-refractivity contribution in [3.8, 4) is 0 Å². The summed E-state index contributed by atoms with van der Waals surface area (Å²) in [7, 11) is -3.18. The minimum atomic E-state index is -3.18. The fraction of sp³-hybridized carbons (Fsp3) is 0.650. The van der Waals surface area contributed by atoms with E-state index in [9.17, 15) is 8.42 Å². The molecule has 0 aliphatic carbocycles. The first-order valence-electron chi connectivity index (χ1n) is 9.94. The number of aryl methyl sites for hydroxylation is 1. The van der Waals surface area contributed by atoms with Crippen LogP contribution >= 0.6 is 24.0 Å². The average Bonchev–Trinajstić information content (AvgIpc) is 3.11. The van der Waals surface area contributed by atoms with E-state index in [1.807, 2.05) is 19.1 Å². The lowest BCUT2D eigenvalue weighted by atomic mass is 10.1. The highest BCUT2D eigenvalue weighted by Crippen LogP contribution is 2.17. The van der Waals surface area contributed by atoms with Crippen LogP contribution in [0.5, 0.6) is 0 Å². The van der Waals surface area contributed by atoms with Gasteiger partial charge in [0.2, 0.25) is 0 Å². The highest BCUT2D eigenvalue weighted by atomic mass is 127. The summed E-state index contributed by atoms with van der Waals surface area (Å²) in [5.74, 6) is 0.809. The van der Waals surface area contributed by atoms with Gasteiger partial charge in [0.1, 0.15) is 0 Å². The topological polar surface area (TPSA) is 73.8 Å². The summed E-state index contributed by atoms with van der Waals surface area (Å²) >= 11 is 0. The SMILES string of the molecule is CCNC(=NCc1ccc(S(C)(=O)=O)c(C)c1)NCCCCN1CCCC1.I. The second-order valence-electron chi connectivity index (χ2n) is 7.25. The maximum absolute atomic E-state index is 11.7. The van der Waals surface area contributed by atoms with Crippen molar-refractivity contribution >= 4 is 39.8 Å². The molecule has 28 heavy (non-hydrogen) atoms. The molecule has 1 aromatic rings. The molecule has 160 valence electrons. The first-order valence-corrected chi connectivity index (χ1v) is 11.8. The minimum Gasteiger partial charge on any atom is -0.357 e. The largest absolute Gasteiger partial charge is 0.357 e. The quantitative estimate of drug-likeness (QED) is 0.226. The third kappa shape index (κ3) is 8.65. The van der Waals surface area contributed by atoms with Crippen molar-refractivity contribution in [2.24, 2.45) is 4.99 Å². The fourth-order valence-corrected chi connectivity index (χ4v) is 4.37. The zero-order valence-electron chi connectivity index (χ0n) is 17.3. The second-order valence-corrected chi connectivity index (χ2v) is 9.23. The molecular formula is C20H35IN4O2S. The number of benzene rings is 1. The Balaban J connectivity index is 0.00000392. The van der Waals surface area contributed by atoms with E-state index in [0.717, 1.165) is 36.6 Å². The third-order valence-corrected chi connectivity index (χ3v) is 6.05. The van der Waals surface area contributed by atoms with Crippen molar-refractivity contribution in [2.75, 3.05) is 39.0 Å². The van der Waals surface area contributed by atoms with Gasteiger partial charge in [-0.25, -0.2) is 13.4 Å². The number of hydrogen-bond donors (Lipinski definition) is 2. The molecule has 1 aromatic carbocycles. The Morgan fingerprint density at radius 1 is 1.18 bits per heavy atom. The zero-order valence-corrected chi connectivity index (χ0v) is 20.5. The molecule has 2 rings (SSSR count). The van der Waals surface area contributed by atoms with Crippen LogP contribution in [-0.2, 0) is 16.4 Å². The van der Waals surface area contributed by atoms with Crippen LogP contribution < -0.4 is 10.6 Å². The van der Waals surface area contributed by atoms with Crippen molar-refractivity contribution in [3.63, 3.8) is 0 Å². The Kier molecular flexibility index (Phi) is 11.4. The molecule has 1 heterocycles. The number of unbranched alkanes of at least 4 members (excludes halogenated alkanes) is 1. The average molecular weight is 522 g/mol. The monoisotopic (exact) mass is 522 g/mol. The highest BCUT2D eigenvalue weighted by molar-refractivity contribution is 14.0. The van der Waals surface area contributed by atoms with E-state index < -0.39 is 9.84 Å². The van der Waals surface area contributed by atoms with Crippen LogP contribution in [0.25, 0.3) is 0 Å².